The normalized spacial score (nSPS) is 11.7. The third-order valence-corrected chi connectivity index (χ3v) is 3.78. The molecule has 0 spiro atoms. The topological polar surface area (TPSA) is 38.9 Å². The molecule has 0 atom stereocenters. The Morgan fingerprint density at radius 2 is 1.95 bits per heavy atom. The van der Waals surface area contributed by atoms with Crippen LogP contribution in [0.5, 0.6) is 0 Å². The number of halogens is 3. The summed E-state index contributed by atoms with van der Waals surface area (Å²) in [5.41, 5.74) is 6.97. The van der Waals surface area contributed by atoms with E-state index < -0.39 is 11.7 Å². The summed E-state index contributed by atoms with van der Waals surface area (Å²) in [6.07, 6.45) is -3.51. The van der Waals surface area contributed by atoms with Crippen molar-refractivity contribution in [2.24, 2.45) is 5.73 Å². The summed E-state index contributed by atoms with van der Waals surface area (Å²) in [6.45, 7) is 2.34. The molecule has 1 aromatic heterocycles. The predicted octanol–water partition coefficient (Wildman–Crippen LogP) is 4.02. The highest BCUT2D eigenvalue weighted by molar-refractivity contribution is 7.99. The summed E-state index contributed by atoms with van der Waals surface area (Å²) >= 11 is 1.31. The average Bonchev–Trinajstić information content (AvgIpc) is 2.40. The second kappa shape index (κ2) is 5.85. The second-order valence-corrected chi connectivity index (χ2v) is 5.36. The van der Waals surface area contributed by atoms with Crippen LogP contribution in [0.15, 0.2) is 46.5 Å². The van der Waals surface area contributed by atoms with Crippen molar-refractivity contribution in [3.05, 3.63) is 53.2 Å². The molecule has 1 aromatic carbocycles. The number of pyridine rings is 1. The fourth-order valence-corrected chi connectivity index (χ4v) is 2.56. The van der Waals surface area contributed by atoms with E-state index in [0.717, 1.165) is 28.3 Å². The van der Waals surface area contributed by atoms with E-state index in [0.29, 0.717) is 11.6 Å². The third kappa shape index (κ3) is 3.52. The van der Waals surface area contributed by atoms with Crippen LogP contribution in [0, 0.1) is 6.92 Å². The number of benzene rings is 1. The van der Waals surface area contributed by atoms with Gasteiger partial charge in [0.2, 0.25) is 0 Å². The molecule has 2 N–H and O–H groups in total. The van der Waals surface area contributed by atoms with Crippen LogP contribution >= 0.6 is 11.8 Å². The van der Waals surface area contributed by atoms with Gasteiger partial charge in [-0.2, -0.15) is 13.2 Å². The summed E-state index contributed by atoms with van der Waals surface area (Å²) in [4.78, 5) is 4.75. The Balaban J connectivity index is 2.22. The monoisotopic (exact) mass is 298 g/mol. The Morgan fingerprint density at radius 3 is 2.50 bits per heavy atom. The van der Waals surface area contributed by atoms with E-state index in [4.69, 9.17) is 5.73 Å². The molecule has 2 aromatic rings. The molecule has 1 heterocycles. The Morgan fingerprint density at radius 1 is 1.20 bits per heavy atom. The molecule has 2 rings (SSSR count). The van der Waals surface area contributed by atoms with Crippen LogP contribution in [-0.4, -0.2) is 4.98 Å². The molecule has 0 bridgehead atoms. The molecule has 0 unspecified atom stereocenters. The number of rotatable bonds is 3. The average molecular weight is 298 g/mol. The van der Waals surface area contributed by atoms with Gasteiger partial charge in [-0.05, 0) is 30.7 Å². The zero-order valence-corrected chi connectivity index (χ0v) is 11.6. The maximum atomic E-state index is 12.4. The molecule has 20 heavy (non-hydrogen) atoms. The van der Waals surface area contributed by atoms with Gasteiger partial charge >= 0.3 is 6.18 Å². The van der Waals surface area contributed by atoms with Crippen molar-refractivity contribution >= 4 is 11.8 Å². The maximum absolute atomic E-state index is 12.4. The molecule has 106 valence electrons. The van der Waals surface area contributed by atoms with Crippen molar-refractivity contribution in [1.82, 2.24) is 4.98 Å². The van der Waals surface area contributed by atoms with Gasteiger partial charge in [-0.1, -0.05) is 29.5 Å². The van der Waals surface area contributed by atoms with E-state index in [2.05, 4.69) is 4.98 Å². The quantitative estimate of drug-likeness (QED) is 0.930. The van der Waals surface area contributed by atoms with Gasteiger partial charge in [0, 0.05) is 17.6 Å². The largest absolute Gasteiger partial charge is 0.417 e. The molecule has 0 radical (unpaired) electrons. The van der Waals surface area contributed by atoms with Crippen molar-refractivity contribution in [2.45, 2.75) is 29.6 Å². The van der Waals surface area contributed by atoms with E-state index in [1.165, 1.54) is 17.8 Å². The van der Waals surface area contributed by atoms with Crippen molar-refractivity contribution in [1.29, 1.82) is 0 Å². The fraction of sp³-hybridized carbons (Fsp3) is 0.214. The van der Waals surface area contributed by atoms with Gasteiger partial charge in [-0.25, -0.2) is 4.98 Å². The van der Waals surface area contributed by atoms with Gasteiger partial charge < -0.3 is 5.73 Å². The molecule has 0 amide bonds. The zero-order chi connectivity index (χ0) is 14.8. The molecule has 0 saturated carbocycles. The minimum absolute atomic E-state index is 0.380. The predicted molar refractivity (Wildman–Crippen MR) is 72.4 cm³/mol. The minimum atomic E-state index is -4.36. The van der Waals surface area contributed by atoms with Crippen molar-refractivity contribution in [2.75, 3.05) is 0 Å². The number of nitrogens with two attached hydrogens (primary N) is 1. The van der Waals surface area contributed by atoms with E-state index in [1.807, 2.05) is 25.1 Å². The number of aryl methyl sites for hydroxylation is 1. The van der Waals surface area contributed by atoms with Gasteiger partial charge in [0.1, 0.15) is 5.03 Å². The molecule has 0 fully saturated rings. The number of alkyl halides is 3. The van der Waals surface area contributed by atoms with Crippen molar-refractivity contribution < 1.29 is 13.2 Å². The Labute approximate surface area is 119 Å². The van der Waals surface area contributed by atoms with Crippen LogP contribution in [0.2, 0.25) is 0 Å². The van der Waals surface area contributed by atoms with E-state index in [1.54, 1.807) is 0 Å². The molecule has 0 aliphatic heterocycles. The van der Waals surface area contributed by atoms with Gasteiger partial charge in [-0.15, -0.1) is 0 Å². The summed E-state index contributed by atoms with van der Waals surface area (Å²) in [5, 5.41) is 0.511. The highest BCUT2D eigenvalue weighted by Gasteiger charge is 2.30. The maximum Gasteiger partial charge on any atom is 0.417 e. The van der Waals surface area contributed by atoms with Crippen LogP contribution in [-0.2, 0) is 12.7 Å². The standard InChI is InChI=1S/C14H13F3N2S/c1-9-2-4-12(10(6-9)7-18)20-13-5-3-11(8-19-13)14(15,16)17/h2-6,8H,7,18H2,1H3. The summed E-state index contributed by atoms with van der Waals surface area (Å²) < 4.78 is 37.3. The Kier molecular flexibility index (Phi) is 4.35. The highest BCUT2D eigenvalue weighted by atomic mass is 32.2. The first-order valence-electron chi connectivity index (χ1n) is 5.91. The Bertz CT molecular complexity index is 594. The highest BCUT2D eigenvalue weighted by Crippen LogP contribution is 2.32. The Hall–Kier alpha value is -1.53. The number of hydrogen-bond donors (Lipinski definition) is 1. The molecule has 0 saturated heterocycles. The zero-order valence-electron chi connectivity index (χ0n) is 10.7. The lowest BCUT2D eigenvalue weighted by Crippen LogP contribution is -2.05. The minimum Gasteiger partial charge on any atom is -0.326 e. The molecular formula is C14H13F3N2S. The van der Waals surface area contributed by atoms with E-state index in [9.17, 15) is 13.2 Å². The van der Waals surface area contributed by atoms with Crippen LogP contribution in [0.4, 0.5) is 13.2 Å². The lowest BCUT2D eigenvalue weighted by atomic mass is 10.1. The van der Waals surface area contributed by atoms with Crippen LogP contribution < -0.4 is 5.73 Å². The van der Waals surface area contributed by atoms with Gasteiger partial charge in [0.05, 0.1) is 5.56 Å². The van der Waals surface area contributed by atoms with Gasteiger partial charge in [-0.3, -0.25) is 0 Å². The van der Waals surface area contributed by atoms with E-state index >= 15 is 0 Å². The number of hydrogen-bond acceptors (Lipinski definition) is 3. The lowest BCUT2D eigenvalue weighted by Gasteiger charge is -2.09. The van der Waals surface area contributed by atoms with Crippen LogP contribution in [0.25, 0.3) is 0 Å². The van der Waals surface area contributed by atoms with Crippen LogP contribution in [0.1, 0.15) is 16.7 Å². The smallest absolute Gasteiger partial charge is 0.326 e. The summed E-state index contributed by atoms with van der Waals surface area (Å²) in [7, 11) is 0. The van der Waals surface area contributed by atoms with Crippen molar-refractivity contribution in [3.8, 4) is 0 Å². The van der Waals surface area contributed by atoms with Crippen molar-refractivity contribution in [3.63, 3.8) is 0 Å². The second-order valence-electron chi connectivity index (χ2n) is 4.30. The van der Waals surface area contributed by atoms with Gasteiger partial charge in [0.15, 0.2) is 0 Å². The first kappa shape index (κ1) is 14.9. The number of aromatic nitrogens is 1. The molecule has 6 heteroatoms. The fourth-order valence-electron chi connectivity index (χ4n) is 1.69. The van der Waals surface area contributed by atoms with E-state index in [-0.39, 0.29) is 0 Å². The molecule has 2 nitrogen and oxygen atoms in total. The SMILES string of the molecule is Cc1ccc(Sc2ccc(C(F)(F)F)cn2)c(CN)c1. The first-order chi connectivity index (χ1) is 9.40. The third-order valence-electron chi connectivity index (χ3n) is 2.71. The molecular weight excluding hydrogens is 285 g/mol. The summed E-state index contributed by atoms with van der Waals surface area (Å²) in [5.74, 6) is 0. The summed E-state index contributed by atoms with van der Waals surface area (Å²) in [6, 6.07) is 8.21. The first-order valence-corrected chi connectivity index (χ1v) is 6.72. The van der Waals surface area contributed by atoms with Gasteiger partial charge in [0.25, 0.3) is 0 Å². The molecule has 0 aliphatic rings. The van der Waals surface area contributed by atoms with Crippen LogP contribution in [0.3, 0.4) is 0 Å². The lowest BCUT2D eigenvalue weighted by molar-refractivity contribution is -0.137. The number of nitrogens with zero attached hydrogens (tertiary/aromatic N) is 1. The molecule has 0 aliphatic carbocycles.